The second kappa shape index (κ2) is 6.65. The molecule has 8 heteroatoms. The fourth-order valence-electron chi connectivity index (χ4n) is 3.35. The van der Waals surface area contributed by atoms with Crippen LogP contribution in [0.15, 0.2) is 46.9 Å². The number of benzene rings is 2. The molecule has 5 nitrogen and oxygen atoms in total. The van der Waals surface area contributed by atoms with Gasteiger partial charge in [0.05, 0.1) is 17.1 Å². The van der Waals surface area contributed by atoms with E-state index in [1.165, 1.54) is 4.68 Å². The molecule has 140 valence electrons. The van der Waals surface area contributed by atoms with E-state index in [4.69, 9.17) is 15.8 Å². The predicted molar refractivity (Wildman–Crippen MR) is 108 cm³/mol. The summed E-state index contributed by atoms with van der Waals surface area (Å²) in [5, 5.41) is 5.14. The monoisotopic (exact) mass is 466 g/mol. The maximum Gasteiger partial charge on any atom is 0.311 e. The van der Waals surface area contributed by atoms with Crippen LogP contribution in [-0.4, -0.2) is 24.0 Å². The quantitative estimate of drug-likeness (QED) is 0.510. The zero-order chi connectivity index (χ0) is 19.3. The lowest BCUT2D eigenvalue weighted by molar-refractivity contribution is 0.446. The molecule has 0 N–H and O–H groups in total. The molecule has 4 rings (SSSR count). The van der Waals surface area contributed by atoms with Gasteiger partial charge in [-0.25, -0.2) is 0 Å². The van der Waals surface area contributed by atoms with Crippen molar-refractivity contribution in [2.75, 3.05) is 5.75 Å². The third-order valence-electron chi connectivity index (χ3n) is 4.64. The van der Waals surface area contributed by atoms with Gasteiger partial charge in [-0.3, -0.25) is 0 Å². The Bertz CT molecular complexity index is 1140. The molecule has 1 atom stereocenters. The summed E-state index contributed by atoms with van der Waals surface area (Å²) in [5.41, 5.74) is 4.18. The van der Waals surface area contributed by atoms with E-state index in [1.54, 1.807) is 24.3 Å². The molecule has 0 bridgehead atoms. The van der Waals surface area contributed by atoms with Crippen molar-refractivity contribution >= 4 is 37.6 Å². The van der Waals surface area contributed by atoms with Crippen LogP contribution in [0.25, 0.3) is 5.69 Å². The van der Waals surface area contributed by atoms with Gasteiger partial charge in [0.15, 0.2) is 0 Å². The van der Waals surface area contributed by atoms with Gasteiger partial charge in [-0.2, -0.15) is 18.2 Å². The molecule has 2 aromatic carbocycles. The Hall–Kier alpha value is -1.83. The fraction of sp³-hybridized carbons (Fsp3) is 0.211. The maximum absolute atomic E-state index is 12.5. The third-order valence-corrected chi connectivity index (χ3v) is 6.94. The van der Waals surface area contributed by atoms with E-state index in [9.17, 15) is 8.42 Å². The molecule has 27 heavy (non-hydrogen) atoms. The fourth-order valence-corrected chi connectivity index (χ4v) is 4.95. The summed E-state index contributed by atoms with van der Waals surface area (Å²) < 4.78 is 32.9. The van der Waals surface area contributed by atoms with Gasteiger partial charge in [-0.1, -0.05) is 39.7 Å². The van der Waals surface area contributed by atoms with E-state index in [2.05, 4.69) is 21.0 Å². The molecule has 1 aromatic heterocycles. The number of aromatic nitrogens is 2. The molecular weight excluding hydrogens is 452 g/mol. The van der Waals surface area contributed by atoms with Crippen LogP contribution in [0.5, 0.6) is 5.88 Å². The summed E-state index contributed by atoms with van der Waals surface area (Å²) in [5.74, 6) is -0.216. The highest BCUT2D eigenvalue weighted by Gasteiger charge is 2.38. The van der Waals surface area contributed by atoms with Crippen molar-refractivity contribution < 1.29 is 12.6 Å². The average Bonchev–Trinajstić information content (AvgIpc) is 2.92. The van der Waals surface area contributed by atoms with Crippen LogP contribution in [0, 0.1) is 13.8 Å². The standard InChI is InChI=1S/C19H16BrClN2O3S/c1-11-9-13(3-8-17(11)20)16-10-27(24,25)26-19-18(16)12(2)22-23(19)15-6-4-14(21)5-7-15/h3-9,16H,10H2,1-2H3. The first-order valence-corrected chi connectivity index (χ1v) is 11.0. The van der Waals surface area contributed by atoms with Gasteiger partial charge < -0.3 is 4.18 Å². The molecule has 1 aliphatic heterocycles. The van der Waals surface area contributed by atoms with Crippen molar-refractivity contribution in [2.45, 2.75) is 19.8 Å². The van der Waals surface area contributed by atoms with Gasteiger partial charge in [-0.15, -0.1) is 0 Å². The van der Waals surface area contributed by atoms with Crippen LogP contribution < -0.4 is 4.18 Å². The van der Waals surface area contributed by atoms with Gasteiger partial charge in [0, 0.05) is 21.0 Å². The highest BCUT2D eigenvalue weighted by atomic mass is 79.9. The molecule has 2 heterocycles. The van der Waals surface area contributed by atoms with Crippen molar-refractivity contribution in [1.29, 1.82) is 0 Å². The van der Waals surface area contributed by atoms with Crippen molar-refractivity contribution in [3.8, 4) is 11.6 Å². The molecular formula is C19H16BrClN2O3S. The lowest BCUT2D eigenvalue weighted by Gasteiger charge is -2.24. The van der Waals surface area contributed by atoms with Crippen LogP contribution >= 0.6 is 27.5 Å². The Morgan fingerprint density at radius 2 is 1.89 bits per heavy atom. The zero-order valence-electron chi connectivity index (χ0n) is 14.6. The number of halogens is 2. The summed E-state index contributed by atoms with van der Waals surface area (Å²) in [6, 6.07) is 12.9. The van der Waals surface area contributed by atoms with Crippen LogP contribution in [0.4, 0.5) is 0 Å². The Morgan fingerprint density at radius 3 is 2.56 bits per heavy atom. The van der Waals surface area contributed by atoms with E-state index in [1.807, 2.05) is 32.0 Å². The summed E-state index contributed by atoms with van der Waals surface area (Å²) >= 11 is 9.46. The highest BCUT2D eigenvalue weighted by molar-refractivity contribution is 9.10. The second-order valence-electron chi connectivity index (χ2n) is 6.56. The molecule has 0 spiro atoms. The lowest BCUT2D eigenvalue weighted by atomic mass is 9.92. The van der Waals surface area contributed by atoms with Crippen molar-refractivity contribution in [3.05, 3.63) is 74.3 Å². The first-order chi connectivity index (χ1) is 12.7. The lowest BCUT2D eigenvalue weighted by Crippen LogP contribution is -2.27. The molecule has 0 fully saturated rings. The van der Waals surface area contributed by atoms with E-state index in [0.717, 1.165) is 26.9 Å². The van der Waals surface area contributed by atoms with Crippen molar-refractivity contribution in [1.82, 2.24) is 9.78 Å². The largest absolute Gasteiger partial charge is 0.361 e. The molecule has 1 aliphatic rings. The Balaban J connectivity index is 1.91. The first-order valence-electron chi connectivity index (χ1n) is 8.29. The van der Waals surface area contributed by atoms with Crippen LogP contribution in [0.1, 0.15) is 28.3 Å². The summed E-state index contributed by atoms with van der Waals surface area (Å²) in [7, 11) is -3.74. The molecule has 0 amide bonds. The molecule has 1 unspecified atom stereocenters. The van der Waals surface area contributed by atoms with Crippen LogP contribution in [0.3, 0.4) is 0 Å². The number of fused-ring (bicyclic) bond motifs is 1. The minimum absolute atomic E-state index is 0.117. The van der Waals surface area contributed by atoms with Crippen molar-refractivity contribution in [3.63, 3.8) is 0 Å². The average molecular weight is 468 g/mol. The predicted octanol–water partition coefficient (Wildman–Crippen LogP) is 4.76. The Kier molecular flexibility index (Phi) is 4.56. The molecule has 0 saturated heterocycles. The van der Waals surface area contributed by atoms with E-state index < -0.39 is 10.1 Å². The topological polar surface area (TPSA) is 61.2 Å². The highest BCUT2D eigenvalue weighted by Crippen LogP contribution is 2.42. The third kappa shape index (κ3) is 3.39. The smallest absolute Gasteiger partial charge is 0.311 e. The molecule has 0 saturated carbocycles. The van der Waals surface area contributed by atoms with E-state index in [0.29, 0.717) is 10.7 Å². The van der Waals surface area contributed by atoms with Gasteiger partial charge in [0.25, 0.3) is 0 Å². The number of hydrogen-bond acceptors (Lipinski definition) is 4. The van der Waals surface area contributed by atoms with Crippen LogP contribution in [-0.2, 0) is 10.1 Å². The summed E-state index contributed by atoms with van der Waals surface area (Å²) in [6.07, 6.45) is 0. The zero-order valence-corrected chi connectivity index (χ0v) is 17.8. The van der Waals surface area contributed by atoms with Crippen molar-refractivity contribution in [2.24, 2.45) is 0 Å². The van der Waals surface area contributed by atoms with Gasteiger partial charge >= 0.3 is 10.1 Å². The van der Waals surface area contributed by atoms with E-state index >= 15 is 0 Å². The van der Waals surface area contributed by atoms with Gasteiger partial charge in [0.1, 0.15) is 0 Å². The normalized spacial score (nSPS) is 18.0. The summed E-state index contributed by atoms with van der Waals surface area (Å²) in [6.45, 7) is 3.84. The number of nitrogens with zero attached hydrogens (tertiary/aromatic N) is 2. The Labute approximate surface area is 171 Å². The maximum atomic E-state index is 12.5. The second-order valence-corrected chi connectivity index (χ2v) is 9.47. The molecule has 3 aromatic rings. The van der Waals surface area contributed by atoms with Crippen LogP contribution in [0.2, 0.25) is 5.02 Å². The van der Waals surface area contributed by atoms with Gasteiger partial charge in [0.2, 0.25) is 5.88 Å². The SMILES string of the molecule is Cc1cc(C2CS(=O)(=O)Oc3c2c(C)nn3-c2ccc(Cl)cc2)ccc1Br. The number of aryl methyl sites for hydroxylation is 2. The Morgan fingerprint density at radius 1 is 1.19 bits per heavy atom. The number of rotatable bonds is 2. The molecule has 0 radical (unpaired) electrons. The first kappa shape index (κ1) is 18.5. The molecule has 0 aliphatic carbocycles. The van der Waals surface area contributed by atoms with Gasteiger partial charge in [-0.05, 0) is 55.3 Å². The van der Waals surface area contributed by atoms with E-state index in [-0.39, 0.29) is 17.6 Å². The number of hydrogen-bond donors (Lipinski definition) is 0. The minimum atomic E-state index is -3.74. The minimum Gasteiger partial charge on any atom is -0.361 e. The summed E-state index contributed by atoms with van der Waals surface area (Å²) in [4.78, 5) is 0.